The maximum absolute atomic E-state index is 12.0. The minimum absolute atomic E-state index is 0.188. The molecule has 0 radical (unpaired) electrons. The maximum Gasteiger partial charge on any atom is 0.251 e. The molecule has 2 rings (SSSR count). The lowest BCUT2D eigenvalue weighted by Gasteiger charge is -2.08. The van der Waals surface area contributed by atoms with Gasteiger partial charge in [-0.25, -0.2) is 0 Å². The largest absolute Gasteiger partial charge is 0.495 e. The number of nitrogens with two attached hydrogens (primary N) is 1. The topological polar surface area (TPSA) is 77.2 Å². The predicted octanol–water partition coefficient (Wildman–Crippen LogP) is 1.91. The molecular weight excluding hydrogens is 254 g/mol. The van der Waals surface area contributed by atoms with Gasteiger partial charge in [0.05, 0.1) is 25.0 Å². The Kier molecular flexibility index (Phi) is 4.20. The van der Waals surface area contributed by atoms with Gasteiger partial charge in [-0.15, -0.1) is 0 Å². The van der Waals surface area contributed by atoms with Crippen LogP contribution < -0.4 is 15.8 Å². The van der Waals surface area contributed by atoms with Crippen molar-refractivity contribution in [3.63, 3.8) is 0 Å². The quantitative estimate of drug-likeness (QED) is 0.833. The average Bonchev–Trinajstić information content (AvgIpc) is 2.45. The van der Waals surface area contributed by atoms with E-state index in [1.54, 1.807) is 18.2 Å². The number of amides is 1. The SMILES string of the molecule is COc1cc(C(=O)NCc2cccc(C)n2)ccc1N. The fraction of sp³-hybridized carbons (Fsp3) is 0.200. The maximum atomic E-state index is 12.0. The summed E-state index contributed by atoms with van der Waals surface area (Å²) >= 11 is 0. The molecule has 3 N–H and O–H groups in total. The minimum Gasteiger partial charge on any atom is -0.495 e. The van der Waals surface area contributed by atoms with Crippen molar-refractivity contribution in [2.24, 2.45) is 0 Å². The van der Waals surface area contributed by atoms with Gasteiger partial charge in [0.25, 0.3) is 5.91 Å². The van der Waals surface area contributed by atoms with Crippen LogP contribution in [0.25, 0.3) is 0 Å². The van der Waals surface area contributed by atoms with Crippen molar-refractivity contribution in [2.75, 3.05) is 12.8 Å². The summed E-state index contributed by atoms with van der Waals surface area (Å²) < 4.78 is 5.10. The van der Waals surface area contributed by atoms with E-state index in [9.17, 15) is 4.79 Å². The van der Waals surface area contributed by atoms with Crippen molar-refractivity contribution in [3.05, 3.63) is 53.3 Å². The number of nitrogen functional groups attached to an aromatic ring is 1. The van der Waals surface area contributed by atoms with E-state index in [2.05, 4.69) is 10.3 Å². The number of hydrogen-bond acceptors (Lipinski definition) is 4. The zero-order chi connectivity index (χ0) is 14.5. The molecule has 0 saturated heterocycles. The molecule has 20 heavy (non-hydrogen) atoms. The number of ether oxygens (including phenoxy) is 1. The monoisotopic (exact) mass is 271 g/mol. The number of nitrogens with zero attached hydrogens (tertiary/aromatic N) is 1. The van der Waals surface area contributed by atoms with Gasteiger partial charge in [-0.05, 0) is 37.3 Å². The van der Waals surface area contributed by atoms with E-state index in [0.717, 1.165) is 11.4 Å². The Hall–Kier alpha value is -2.56. The minimum atomic E-state index is -0.188. The van der Waals surface area contributed by atoms with Crippen LogP contribution in [0.1, 0.15) is 21.7 Å². The Labute approximate surface area is 117 Å². The molecule has 0 spiro atoms. The molecule has 0 atom stereocenters. The number of nitrogens with one attached hydrogen (secondary N) is 1. The number of pyridine rings is 1. The smallest absolute Gasteiger partial charge is 0.251 e. The molecule has 5 nitrogen and oxygen atoms in total. The van der Waals surface area contributed by atoms with Gasteiger partial charge in [-0.3, -0.25) is 9.78 Å². The number of methoxy groups -OCH3 is 1. The van der Waals surface area contributed by atoms with Gasteiger partial charge in [0.15, 0.2) is 0 Å². The molecule has 0 aliphatic rings. The van der Waals surface area contributed by atoms with Crippen LogP contribution in [-0.4, -0.2) is 18.0 Å². The van der Waals surface area contributed by atoms with Gasteiger partial charge in [0, 0.05) is 11.3 Å². The molecule has 2 aromatic rings. The highest BCUT2D eigenvalue weighted by Gasteiger charge is 2.08. The number of aryl methyl sites for hydroxylation is 1. The number of carbonyl (C=O) groups excluding carboxylic acids is 1. The molecule has 1 heterocycles. The standard InChI is InChI=1S/C15H17N3O2/c1-10-4-3-5-12(18-10)9-17-15(19)11-6-7-13(16)14(8-11)20-2/h3-8H,9,16H2,1-2H3,(H,17,19). The molecular formula is C15H17N3O2. The number of rotatable bonds is 4. The molecule has 104 valence electrons. The molecule has 0 fully saturated rings. The fourth-order valence-corrected chi connectivity index (χ4v) is 1.82. The number of anilines is 1. The lowest BCUT2D eigenvalue weighted by molar-refractivity contribution is 0.0950. The Bertz CT molecular complexity index is 626. The number of carbonyl (C=O) groups is 1. The molecule has 0 aliphatic carbocycles. The van der Waals surface area contributed by atoms with Crippen molar-refractivity contribution in [3.8, 4) is 5.75 Å². The van der Waals surface area contributed by atoms with E-state index in [1.165, 1.54) is 7.11 Å². The van der Waals surface area contributed by atoms with Gasteiger partial charge in [0.2, 0.25) is 0 Å². The molecule has 1 aromatic carbocycles. The highest BCUT2D eigenvalue weighted by Crippen LogP contribution is 2.22. The van der Waals surface area contributed by atoms with Gasteiger partial charge in [-0.1, -0.05) is 6.07 Å². The first-order valence-corrected chi connectivity index (χ1v) is 6.24. The van der Waals surface area contributed by atoms with Gasteiger partial charge in [0.1, 0.15) is 5.75 Å². The Morgan fingerprint density at radius 2 is 2.15 bits per heavy atom. The summed E-state index contributed by atoms with van der Waals surface area (Å²) in [5, 5.41) is 2.82. The molecule has 5 heteroatoms. The zero-order valence-electron chi connectivity index (χ0n) is 11.5. The molecule has 1 amide bonds. The first kappa shape index (κ1) is 13.9. The van der Waals surface area contributed by atoms with Crippen molar-refractivity contribution in [1.29, 1.82) is 0 Å². The van der Waals surface area contributed by atoms with Crippen molar-refractivity contribution in [1.82, 2.24) is 10.3 Å². The Morgan fingerprint density at radius 1 is 1.35 bits per heavy atom. The number of hydrogen-bond donors (Lipinski definition) is 2. The Morgan fingerprint density at radius 3 is 2.85 bits per heavy atom. The molecule has 1 aromatic heterocycles. The van der Waals surface area contributed by atoms with Crippen molar-refractivity contribution < 1.29 is 9.53 Å². The van der Waals surface area contributed by atoms with E-state index in [1.807, 2.05) is 25.1 Å². The summed E-state index contributed by atoms with van der Waals surface area (Å²) in [7, 11) is 1.52. The summed E-state index contributed by atoms with van der Waals surface area (Å²) in [4.78, 5) is 16.4. The van der Waals surface area contributed by atoms with Crippen LogP contribution >= 0.6 is 0 Å². The third kappa shape index (κ3) is 3.26. The van der Waals surface area contributed by atoms with Crippen molar-refractivity contribution >= 4 is 11.6 Å². The lowest BCUT2D eigenvalue weighted by atomic mass is 10.1. The second-order valence-corrected chi connectivity index (χ2v) is 4.41. The summed E-state index contributed by atoms with van der Waals surface area (Å²) in [5.41, 5.74) is 8.46. The Balaban J connectivity index is 2.05. The summed E-state index contributed by atoms with van der Waals surface area (Å²) in [6, 6.07) is 10.6. The second kappa shape index (κ2) is 6.06. The number of benzene rings is 1. The third-order valence-corrected chi connectivity index (χ3v) is 2.87. The highest BCUT2D eigenvalue weighted by atomic mass is 16.5. The zero-order valence-corrected chi connectivity index (χ0v) is 11.5. The van der Waals surface area contributed by atoms with Crippen LogP contribution in [0.5, 0.6) is 5.75 Å². The predicted molar refractivity (Wildman–Crippen MR) is 77.6 cm³/mol. The first-order valence-electron chi connectivity index (χ1n) is 6.24. The van der Waals surface area contributed by atoms with Gasteiger partial charge in [-0.2, -0.15) is 0 Å². The van der Waals surface area contributed by atoms with Crippen LogP contribution in [0, 0.1) is 6.92 Å². The van der Waals surface area contributed by atoms with Gasteiger partial charge >= 0.3 is 0 Å². The first-order chi connectivity index (χ1) is 9.60. The van der Waals surface area contributed by atoms with Crippen LogP contribution in [0.4, 0.5) is 5.69 Å². The molecule has 0 saturated carbocycles. The van der Waals surface area contributed by atoms with E-state index in [4.69, 9.17) is 10.5 Å². The summed E-state index contributed by atoms with van der Waals surface area (Å²) in [6.45, 7) is 2.30. The van der Waals surface area contributed by atoms with E-state index >= 15 is 0 Å². The van der Waals surface area contributed by atoms with E-state index in [0.29, 0.717) is 23.5 Å². The number of aromatic nitrogens is 1. The summed E-state index contributed by atoms with van der Waals surface area (Å²) in [6.07, 6.45) is 0. The fourth-order valence-electron chi connectivity index (χ4n) is 1.82. The molecule has 0 aliphatic heterocycles. The van der Waals surface area contributed by atoms with E-state index < -0.39 is 0 Å². The molecule has 0 unspecified atom stereocenters. The van der Waals surface area contributed by atoms with Crippen molar-refractivity contribution in [2.45, 2.75) is 13.5 Å². The van der Waals surface area contributed by atoms with Crippen LogP contribution in [0.2, 0.25) is 0 Å². The highest BCUT2D eigenvalue weighted by molar-refractivity contribution is 5.95. The van der Waals surface area contributed by atoms with Crippen LogP contribution in [0.15, 0.2) is 36.4 Å². The third-order valence-electron chi connectivity index (χ3n) is 2.87. The molecule has 0 bridgehead atoms. The van der Waals surface area contributed by atoms with Crippen LogP contribution in [0.3, 0.4) is 0 Å². The van der Waals surface area contributed by atoms with E-state index in [-0.39, 0.29) is 5.91 Å². The van der Waals surface area contributed by atoms with Gasteiger partial charge < -0.3 is 15.8 Å². The normalized spacial score (nSPS) is 10.1. The second-order valence-electron chi connectivity index (χ2n) is 4.41. The average molecular weight is 271 g/mol. The van der Waals surface area contributed by atoms with Crippen LogP contribution in [-0.2, 0) is 6.54 Å². The lowest BCUT2D eigenvalue weighted by Crippen LogP contribution is -2.23. The summed E-state index contributed by atoms with van der Waals surface area (Å²) in [5.74, 6) is 0.304.